The van der Waals surface area contributed by atoms with Crippen LogP contribution in [-0.2, 0) is 0 Å². The molecule has 0 aromatic rings. The van der Waals surface area contributed by atoms with Gasteiger partial charge in [-0.3, -0.25) is 0 Å². The van der Waals surface area contributed by atoms with Crippen molar-refractivity contribution >= 4 is 55.1 Å². The minimum absolute atomic E-state index is 0.671. The zero-order valence-corrected chi connectivity index (χ0v) is 40.9. The van der Waals surface area contributed by atoms with E-state index < -0.39 is 55.1 Å². The first kappa shape index (κ1) is 43.9. The van der Waals surface area contributed by atoms with E-state index in [1.165, 1.54) is 116 Å². The maximum absolute atomic E-state index is 3.39. The van der Waals surface area contributed by atoms with E-state index in [9.17, 15) is 0 Å². The van der Waals surface area contributed by atoms with E-state index in [-0.39, 0.29) is 0 Å². The normalized spacial score (nSPS) is 15.3. The van der Waals surface area contributed by atoms with E-state index in [1.807, 2.05) is 0 Å². The fourth-order valence-corrected chi connectivity index (χ4v) is 101. The summed E-state index contributed by atoms with van der Waals surface area (Å²) < 4.78 is 18.0. The van der Waals surface area contributed by atoms with E-state index in [0.29, 0.717) is 1.45 Å². The second-order valence-electron chi connectivity index (χ2n) is 15.6. The number of allylic oxidation sites excluding steroid dienone is 4. The minimum atomic E-state index is -2.70. The summed E-state index contributed by atoms with van der Waals surface area (Å²) in [6, 6.07) is 0. The molecule has 0 bridgehead atoms. The van der Waals surface area contributed by atoms with Gasteiger partial charge in [0.05, 0.1) is 0 Å². The van der Waals surface area contributed by atoms with E-state index in [0.717, 1.165) is 0 Å². The standard InChI is InChI=1S/C5H3.9C4H9.3Sn/c1-2-4-5-3-1;9*1-3-4-2;;;/h1-2,5H;9*1,3-4H2,2H3;;;. The van der Waals surface area contributed by atoms with Crippen LogP contribution in [0.4, 0.5) is 0 Å². The van der Waals surface area contributed by atoms with Crippen LogP contribution in [0.25, 0.3) is 0 Å². The first-order valence-corrected chi connectivity index (χ1v) is 43.2. The fraction of sp³-hybridized carbons (Fsp3) is 0.902. The quantitative estimate of drug-likeness (QED) is 0.0630. The monoisotopic (exact) mass is 936 g/mol. The van der Waals surface area contributed by atoms with E-state index in [4.69, 9.17) is 0 Å². The average molecular weight is 933 g/mol. The van der Waals surface area contributed by atoms with Gasteiger partial charge in [0.2, 0.25) is 0 Å². The zero-order chi connectivity index (χ0) is 32.8. The fourth-order valence-electron chi connectivity index (χ4n) is 9.55. The average Bonchev–Trinajstić information content (AvgIpc) is 3.52. The van der Waals surface area contributed by atoms with Crippen LogP contribution >= 0.6 is 0 Å². The van der Waals surface area contributed by atoms with E-state index in [1.54, 1.807) is 39.9 Å². The van der Waals surface area contributed by atoms with Gasteiger partial charge in [0.1, 0.15) is 0 Å². The summed E-state index contributed by atoms with van der Waals surface area (Å²) in [6.45, 7) is 22.5. The van der Waals surface area contributed by atoms with Crippen molar-refractivity contribution < 1.29 is 0 Å². The zero-order valence-electron chi connectivity index (χ0n) is 32.3. The van der Waals surface area contributed by atoms with Crippen molar-refractivity contribution in [1.29, 1.82) is 0 Å². The van der Waals surface area contributed by atoms with Crippen LogP contribution in [0.3, 0.4) is 0 Å². The molecule has 260 valence electrons. The summed E-state index contributed by atoms with van der Waals surface area (Å²) in [5.41, 5.74) is 0. The van der Waals surface area contributed by atoms with Gasteiger partial charge in [0.25, 0.3) is 0 Å². The Kier molecular flexibility index (Phi) is 24.9. The molecule has 0 unspecified atom stereocenters. The van der Waals surface area contributed by atoms with Crippen molar-refractivity contribution in [3.8, 4) is 0 Å². The SMILES string of the molecule is CCC[CH2][Sn]([CH2]CCC)([CH2]CCC)[C]1=C[C]([Sn]([CH2]CCC)([CH2]CCC)[CH2]CCC)([Sn]([CH2]CCC)([CH2]CCC)[CH2]CCC)C=C1. The maximum atomic E-state index is 3.39. The third-order valence-corrected chi connectivity index (χ3v) is 82.5. The second-order valence-corrected chi connectivity index (χ2v) is 60.8. The summed E-state index contributed by atoms with van der Waals surface area (Å²) >= 11 is -7.92. The van der Waals surface area contributed by atoms with Crippen molar-refractivity contribution in [2.24, 2.45) is 0 Å². The molecule has 0 fully saturated rings. The molecular weight excluding hydrogens is 849 g/mol. The van der Waals surface area contributed by atoms with Crippen molar-refractivity contribution in [3.63, 3.8) is 0 Å². The van der Waals surface area contributed by atoms with E-state index in [2.05, 4.69) is 84.1 Å². The number of hydrogen-bond donors (Lipinski definition) is 0. The molecule has 0 N–H and O–H groups in total. The molecule has 0 amide bonds. The molecule has 44 heavy (non-hydrogen) atoms. The molecule has 0 nitrogen and oxygen atoms in total. The summed E-state index contributed by atoms with van der Waals surface area (Å²) in [7, 11) is 0. The Morgan fingerprint density at radius 2 is 0.636 bits per heavy atom. The molecule has 0 saturated carbocycles. The molecule has 0 heterocycles. The van der Waals surface area contributed by atoms with Crippen LogP contribution in [0.1, 0.15) is 178 Å². The molecule has 1 aliphatic rings. The van der Waals surface area contributed by atoms with Gasteiger partial charge >= 0.3 is 296 Å². The van der Waals surface area contributed by atoms with Gasteiger partial charge in [-0.1, -0.05) is 0 Å². The van der Waals surface area contributed by atoms with Crippen molar-refractivity contribution in [3.05, 3.63) is 21.8 Å². The first-order valence-electron chi connectivity index (χ1n) is 20.8. The third-order valence-electron chi connectivity index (χ3n) is 12.4. The molecule has 0 atom stereocenters. The summed E-state index contributed by atoms with van der Waals surface area (Å²) in [5, 5.41) is 0. The Labute approximate surface area is 293 Å². The molecule has 1 rings (SSSR count). The molecule has 0 saturated heterocycles. The van der Waals surface area contributed by atoms with E-state index >= 15 is 0 Å². The Balaban J connectivity index is 4.27. The van der Waals surface area contributed by atoms with Crippen molar-refractivity contribution in [2.45, 2.75) is 219 Å². The van der Waals surface area contributed by atoms with Crippen LogP contribution in [0.5, 0.6) is 0 Å². The molecule has 1 aliphatic carbocycles. The molecule has 0 aromatic carbocycles. The van der Waals surface area contributed by atoms with Gasteiger partial charge in [-0.25, -0.2) is 0 Å². The summed E-state index contributed by atoms with van der Waals surface area (Å²) in [6.07, 6.45) is 36.0. The molecule has 0 aliphatic heterocycles. The first-order chi connectivity index (χ1) is 21.4. The van der Waals surface area contributed by atoms with Gasteiger partial charge in [-0.15, -0.1) is 0 Å². The Morgan fingerprint density at radius 1 is 0.386 bits per heavy atom. The molecular formula is C41H84Sn3. The van der Waals surface area contributed by atoms with Crippen LogP contribution in [0.15, 0.2) is 21.8 Å². The van der Waals surface area contributed by atoms with Crippen molar-refractivity contribution in [1.82, 2.24) is 0 Å². The second kappa shape index (κ2) is 24.9. The summed E-state index contributed by atoms with van der Waals surface area (Å²) in [4.78, 5) is 0. The molecule has 0 spiro atoms. The number of hydrogen-bond acceptors (Lipinski definition) is 0. The van der Waals surface area contributed by atoms with Gasteiger partial charge in [0.15, 0.2) is 0 Å². The van der Waals surface area contributed by atoms with Crippen molar-refractivity contribution in [2.75, 3.05) is 0 Å². The molecule has 0 radical (unpaired) electrons. The molecule has 0 aromatic heterocycles. The number of rotatable bonds is 30. The summed E-state index contributed by atoms with van der Waals surface area (Å²) in [5.74, 6) is 0. The Hall–Kier alpha value is 1.88. The van der Waals surface area contributed by atoms with Crippen LogP contribution in [-0.4, -0.2) is 55.1 Å². The van der Waals surface area contributed by atoms with Gasteiger partial charge in [0, 0.05) is 0 Å². The molecule has 3 heteroatoms. The predicted molar refractivity (Wildman–Crippen MR) is 215 cm³/mol. The third kappa shape index (κ3) is 12.0. The van der Waals surface area contributed by atoms with Crippen LogP contribution < -0.4 is 0 Å². The van der Waals surface area contributed by atoms with Gasteiger partial charge in [-0.05, 0) is 0 Å². The van der Waals surface area contributed by atoms with Crippen LogP contribution in [0.2, 0.25) is 41.4 Å². The Morgan fingerprint density at radius 3 is 0.886 bits per heavy atom. The predicted octanol–water partition coefficient (Wildman–Crippen LogP) is 15.8. The van der Waals surface area contributed by atoms with Gasteiger partial charge in [-0.2, -0.15) is 0 Å². The number of unbranched alkanes of at least 4 members (excludes halogenated alkanes) is 9. The topological polar surface area (TPSA) is 0 Å². The Bertz CT molecular complexity index is 668. The van der Waals surface area contributed by atoms with Gasteiger partial charge < -0.3 is 0 Å². The van der Waals surface area contributed by atoms with Crippen LogP contribution in [0, 0.1) is 0 Å².